The molecular weight excluding hydrogens is 282 g/mol. The number of hydrogen-bond acceptors (Lipinski definition) is 1. The molecule has 0 amide bonds. The molecule has 0 aliphatic heterocycles. The fraction of sp³-hybridized carbons (Fsp3) is 0.200. The number of para-hydroxylation sites is 1. The number of nitrogens with one attached hydrogen (secondary N) is 3. The Morgan fingerprint density at radius 1 is 1.00 bits per heavy atom. The van der Waals surface area contributed by atoms with Gasteiger partial charge in [-0.2, -0.15) is 0 Å². The van der Waals surface area contributed by atoms with E-state index in [-0.39, 0.29) is 0 Å². The van der Waals surface area contributed by atoms with Gasteiger partial charge in [0.2, 0.25) is 0 Å². The van der Waals surface area contributed by atoms with Crippen LogP contribution in [0.25, 0.3) is 21.8 Å². The Bertz CT molecular complexity index is 932. The fourth-order valence-electron chi connectivity index (χ4n) is 3.46. The highest BCUT2D eigenvalue weighted by Gasteiger charge is 2.18. The van der Waals surface area contributed by atoms with Crippen LogP contribution in [0.1, 0.15) is 23.5 Å². The van der Waals surface area contributed by atoms with Crippen molar-refractivity contribution in [3.63, 3.8) is 0 Å². The molecule has 23 heavy (non-hydrogen) atoms. The van der Waals surface area contributed by atoms with Gasteiger partial charge < -0.3 is 15.3 Å². The lowest BCUT2D eigenvalue weighted by molar-refractivity contribution is 0.665. The zero-order valence-electron chi connectivity index (χ0n) is 13.3. The molecule has 0 aliphatic rings. The van der Waals surface area contributed by atoms with Crippen molar-refractivity contribution >= 4 is 21.8 Å². The number of benzene rings is 2. The summed E-state index contributed by atoms with van der Waals surface area (Å²) in [6, 6.07) is 17.4. The maximum Gasteiger partial charge on any atom is 0.0457 e. The molecule has 0 bridgehead atoms. The Kier molecular flexibility index (Phi) is 3.64. The molecule has 2 aromatic carbocycles. The molecule has 4 aromatic rings. The Labute approximate surface area is 135 Å². The van der Waals surface area contributed by atoms with E-state index in [9.17, 15) is 0 Å². The molecule has 0 saturated heterocycles. The third-order valence-electron chi connectivity index (χ3n) is 4.66. The molecular formula is C20H21N3. The van der Waals surface area contributed by atoms with E-state index in [0.29, 0.717) is 5.92 Å². The van der Waals surface area contributed by atoms with Crippen LogP contribution < -0.4 is 5.32 Å². The second kappa shape index (κ2) is 5.94. The van der Waals surface area contributed by atoms with Crippen LogP contribution in [0.4, 0.5) is 0 Å². The van der Waals surface area contributed by atoms with Crippen LogP contribution in [0, 0.1) is 0 Å². The normalized spacial score (nSPS) is 12.9. The first-order valence-electron chi connectivity index (χ1n) is 8.14. The molecule has 3 heteroatoms. The van der Waals surface area contributed by atoms with Gasteiger partial charge in [0.05, 0.1) is 0 Å². The molecule has 3 nitrogen and oxygen atoms in total. The Balaban J connectivity index is 1.82. The second-order valence-corrected chi connectivity index (χ2v) is 6.06. The third-order valence-corrected chi connectivity index (χ3v) is 4.66. The summed E-state index contributed by atoms with van der Waals surface area (Å²) < 4.78 is 0. The van der Waals surface area contributed by atoms with Gasteiger partial charge in [0.1, 0.15) is 0 Å². The van der Waals surface area contributed by atoms with Crippen molar-refractivity contribution in [2.24, 2.45) is 0 Å². The average molecular weight is 303 g/mol. The number of rotatable bonds is 5. The first-order valence-corrected chi connectivity index (χ1v) is 8.14. The average Bonchev–Trinajstić information content (AvgIpc) is 3.22. The van der Waals surface area contributed by atoms with E-state index >= 15 is 0 Å². The minimum Gasteiger partial charge on any atom is -0.361 e. The smallest absolute Gasteiger partial charge is 0.0457 e. The largest absolute Gasteiger partial charge is 0.361 e. The second-order valence-electron chi connectivity index (χ2n) is 6.06. The van der Waals surface area contributed by atoms with E-state index in [2.05, 4.69) is 70.0 Å². The molecule has 116 valence electrons. The lowest BCUT2D eigenvalue weighted by atomic mass is 9.87. The zero-order chi connectivity index (χ0) is 15.6. The standard InChI is InChI=1S/C20H21N3/c1-21-10-9-16(14-6-7-19-15(12-14)8-11-22-19)18-13-23-20-5-3-2-4-17(18)20/h2-8,11-13,16,21-23H,9-10H2,1H3. The fourth-order valence-corrected chi connectivity index (χ4v) is 3.46. The highest BCUT2D eigenvalue weighted by molar-refractivity contribution is 5.85. The van der Waals surface area contributed by atoms with Crippen LogP contribution in [-0.2, 0) is 0 Å². The Morgan fingerprint density at radius 2 is 1.91 bits per heavy atom. The summed E-state index contributed by atoms with van der Waals surface area (Å²) in [7, 11) is 2.02. The molecule has 2 heterocycles. The summed E-state index contributed by atoms with van der Waals surface area (Å²) in [6.45, 7) is 0.995. The van der Waals surface area contributed by atoms with Crippen LogP contribution >= 0.6 is 0 Å². The summed E-state index contributed by atoms with van der Waals surface area (Å²) in [5, 5.41) is 5.89. The van der Waals surface area contributed by atoms with Gasteiger partial charge in [-0.15, -0.1) is 0 Å². The quantitative estimate of drug-likeness (QED) is 0.503. The molecule has 0 spiro atoms. The lowest BCUT2D eigenvalue weighted by Crippen LogP contribution is -2.13. The molecule has 0 aliphatic carbocycles. The van der Waals surface area contributed by atoms with Crippen molar-refractivity contribution in [2.75, 3.05) is 13.6 Å². The molecule has 1 atom stereocenters. The van der Waals surface area contributed by atoms with E-state index < -0.39 is 0 Å². The van der Waals surface area contributed by atoms with Crippen molar-refractivity contribution in [3.8, 4) is 0 Å². The van der Waals surface area contributed by atoms with Crippen molar-refractivity contribution in [3.05, 3.63) is 72.1 Å². The number of hydrogen-bond donors (Lipinski definition) is 3. The maximum absolute atomic E-state index is 3.42. The van der Waals surface area contributed by atoms with Gasteiger partial charge in [0.25, 0.3) is 0 Å². The topological polar surface area (TPSA) is 43.6 Å². The van der Waals surface area contributed by atoms with Crippen molar-refractivity contribution in [1.29, 1.82) is 0 Å². The van der Waals surface area contributed by atoms with Crippen LogP contribution in [0.15, 0.2) is 60.9 Å². The molecule has 3 N–H and O–H groups in total. The van der Waals surface area contributed by atoms with Crippen LogP contribution in [-0.4, -0.2) is 23.6 Å². The number of aromatic amines is 2. The number of fused-ring (bicyclic) bond motifs is 2. The van der Waals surface area contributed by atoms with Crippen LogP contribution in [0.5, 0.6) is 0 Å². The number of H-pyrrole nitrogens is 2. The summed E-state index contributed by atoms with van der Waals surface area (Å²) >= 11 is 0. The van der Waals surface area contributed by atoms with Gasteiger partial charge >= 0.3 is 0 Å². The zero-order valence-corrected chi connectivity index (χ0v) is 13.3. The van der Waals surface area contributed by atoms with Gasteiger partial charge in [-0.1, -0.05) is 24.3 Å². The van der Waals surface area contributed by atoms with Crippen LogP contribution in [0.3, 0.4) is 0 Å². The van der Waals surface area contributed by atoms with Gasteiger partial charge in [0.15, 0.2) is 0 Å². The van der Waals surface area contributed by atoms with E-state index in [0.717, 1.165) is 13.0 Å². The van der Waals surface area contributed by atoms with Crippen LogP contribution in [0.2, 0.25) is 0 Å². The summed E-state index contributed by atoms with van der Waals surface area (Å²) in [4.78, 5) is 6.70. The molecule has 0 saturated carbocycles. The molecule has 1 unspecified atom stereocenters. The van der Waals surface area contributed by atoms with E-state index in [4.69, 9.17) is 0 Å². The predicted molar refractivity (Wildman–Crippen MR) is 97.0 cm³/mol. The highest BCUT2D eigenvalue weighted by atomic mass is 14.8. The van der Waals surface area contributed by atoms with E-state index in [1.165, 1.54) is 32.9 Å². The predicted octanol–water partition coefficient (Wildman–Crippen LogP) is 4.39. The minimum absolute atomic E-state index is 0.387. The van der Waals surface area contributed by atoms with Crippen molar-refractivity contribution in [2.45, 2.75) is 12.3 Å². The molecule has 4 rings (SSSR count). The molecule has 0 fully saturated rings. The van der Waals surface area contributed by atoms with Crippen molar-refractivity contribution in [1.82, 2.24) is 15.3 Å². The SMILES string of the molecule is CNCCC(c1ccc2[nH]ccc2c1)c1c[nH]c2ccccc12. The minimum atomic E-state index is 0.387. The Morgan fingerprint density at radius 3 is 2.83 bits per heavy atom. The molecule has 0 radical (unpaired) electrons. The van der Waals surface area contributed by atoms with Gasteiger partial charge in [-0.25, -0.2) is 0 Å². The first kappa shape index (κ1) is 14.1. The molecule has 2 aromatic heterocycles. The van der Waals surface area contributed by atoms with Gasteiger partial charge in [-0.05, 0) is 60.8 Å². The highest BCUT2D eigenvalue weighted by Crippen LogP contribution is 2.34. The third kappa shape index (κ3) is 2.53. The van der Waals surface area contributed by atoms with Gasteiger partial charge in [-0.3, -0.25) is 0 Å². The Hall–Kier alpha value is -2.52. The lowest BCUT2D eigenvalue weighted by Gasteiger charge is -2.17. The number of aromatic nitrogens is 2. The van der Waals surface area contributed by atoms with E-state index in [1.54, 1.807) is 0 Å². The van der Waals surface area contributed by atoms with Gasteiger partial charge in [0, 0.05) is 34.7 Å². The summed E-state index contributed by atoms with van der Waals surface area (Å²) in [5.41, 5.74) is 5.16. The maximum atomic E-state index is 3.42. The summed E-state index contributed by atoms with van der Waals surface area (Å²) in [6.07, 6.45) is 5.25. The van der Waals surface area contributed by atoms with Crippen molar-refractivity contribution < 1.29 is 0 Å². The summed E-state index contributed by atoms with van der Waals surface area (Å²) in [5.74, 6) is 0.387. The van der Waals surface area contributed by atoms with E-state index in [1.807, 2.05) is 13.2 Å². The monoisotopic (exact) mass is 303 g/mol. The first-order chi connectivity index (χ1) is 11.4.